The summed E-state index contributed by atoms with van der Waals surface area (Å²) >= 11 is 0. The Balaban J connectivity index is 2.46. The van der Waals surface area contributed by atoms with Gasteiger partial charge in [-0.25, -0.2) is 0 Å². The predicted molar refractivity (Wildman–Crippen MR) is 77.5 cm³/mol. The zero-order valence-electron chi connectivity index (χ0n) is 12.4. The minimum absolute atomic E-state index is 0.0428. The number of esters is 1. The first-order valence-electron chi connectivity index (χ1n) is 6.99. The Hall–Kier alpha value is -1.95. The van der Waals surface area contributed by atoms with Gasteiger partial charge in [0, 0.05) is 4.92 Å². The molecule has 1 heterocycles. The SMILES string of the molecule is COC(=O)[C@@H]1N[C@H](C(C)C)[C@@H]([N+](=O)[O-])[C@@H]1c1ccccc1. The Bertz CT molecular complexity index is 518. The van der Waals surface area contributed by atoms with Gasteiger partial charge in [-0.05, 0) is 11.5 Å². The van der Waals surface area contributed by atoms with Crippen molar-refractivity contribution in [2.45, 2.75) is 37.9 Å². The van der Waals surface area contributed by atoms with Crippen molar-refractivity contribution in [1.29, 1.82) is 0 Å². The van der Waals surface area contributed by atoms with Crippen molar-refractivity contribution in [3.05, 3.63) is 46.0 Å². The van der Waals surface area contributed by atoms with Crippen LogP contribution in [0, 0.1) is 16.0 Å². The topological polar surface area (TPSA) is 81.5 Å². The number of nitro groups is 1. The van der Waals surface area contributed by atoms with Crippen LogP contribution in [0.15, 0.2) is 30.3 Å². The molecule has 1 saturated heterocycles. The molecule has 2 rings (SSSR count). The minimum Gasteiger partial charge on any atom is -0.468 e. The Labute approximate surface area is 123 Å². The molecule has 0 amide bonds. The highest BCUT2D eigenvalue weighted by Crippen LogP contribution is 2.36. The number of hydrogen-bond acceptors (Lipinski definition) is 5. The third kappa shape index (κ3) is 2.90. The molecular formula is C15H20N2O4. The van der Waals surface area contributed by atoms with Gasteiger partial charge >= 0.3 is 5.97 Å². The van der Waals surface area contributed by atoms with Gasteiger partial charge in [-0.15, -0.1) is 0 Å². The Morgan fingerprint density at radius 2 is 1.95 bits per heavy atom. The quantitative estimate of drug-likeness (QED) is 0.517. The van der Waals surface area contributed by atoms with Crippen LogP contribution < -0.4 is 5.32 Å². The molecule has 0 unspecified atom stereocenters. The second-order valence-electron chi connectivity index (χ2n) is 5.65. The molecule has 0 saturated carbocycles. The third-order valence-electron chi connectivity index (χ3n) is 4.07. The largest absolute Gasteiger partial charge is 0.468 e. The number of rotatable bonds is 4. The molecule has 6 heteroatoms. The van der Waals surface area contributed by atoms with Gasteiger partial charge in [-0.3, -0.25) is 20.2 Å². The van der Waals surface area contributed by atoms with Crippen molar-refractivity contribution < 1.29 is 14.5 Å². The zero-order valence-corrected chi connectivity index (χ0v) is 12.4. The summed E-state index contributed by atoms with van der Waals surface area (Å²) < 4.78 is 4.82. The second-order valence-corrected chi connectivity index (χ2v) is 5.65. The molecule has 0 spiro atoms. The van der Waals surface area contributed by atoms with Gasteiger partial charge in [-0.1, -0.05) is 44.2 Å². The highest BCUT2D eigenvalue weighted by Gasteiger charge is 2.55. The van der Waals surface area contributed by atoms with E-state index in [1.165, 1.54) is 7.11 Å². The van der Waals surface area contributed by atoms with Gasteiger partial charge in [0.15, 0.2) is 0 Å². The molecule has 114 valence electrons. The summed E-state index contributed by atoms with van der Waals surface area (Å²) in [4.78, 5) is 23.3. The number of carbonyl (C=O) groups excluding carboxylic acids is 1. The first kappa shape index (κ1) is 15.4. The lowest BCUT2D eigenvalue weighted by Crippen LogP contribution is -2.42. The van der Waals surface area contributed by atoms with Crippen molar-refractivity contribution in [3.8, 4) is 0 Å². The molecule has 1 aliphatic rings. The van der Waals surface area contributed by atoms with Crippen LogP contribution in [0.3, 0.4) is 0 Å². The minimum atomic E-state index is -0.850. The van der Waals surface area contributed by atoms with E-state index in [0.717, 1.165) is 5.56 Å². The van der Waals surface area contributed by atoms with Crippen LogP contribution in [0.4, 0.5) is 0 Å². The summed E-state index contributed by atoms with van der Waals surface area (Å²) in [5.74, 6) is -0.943. The second kappa shape index (κ2) is 6.22. The summed E-state index contributed by atoms with van der Waals surface area (Å²) in [5, 5.41) is 14.7. The molecule has 1 N–H and O–H groups in total. The number of nitrogens with one attached hydrogen (secondary N) is 1. The maximum Gasteiger partial charge on any atom is 0.323 e. The van der Waals surface area contributed by atoms with Crippen LogP contribution in [-0.4, -0.2) is 36.1 Å². The molecule has 21 heavy (non-hydrogen) atoms. The predicted octanol–water partition coefficient (Wildman–Crippen LogP) is 1.58. The van der Waals surface area contributed by atoms with E-state index in [-0.39, 0.29) is 16.9 Å². The maximum atomic E-state index is 12.0. The van der Waals surface area contributed by atoms with Gasteiger partial charge in [-0.2, -0.15) is 0 Å². The van der Waals surface area contributed by atoms with E-state index in [0.29, 0.717) is 0 Å². The summed E-state index contributed by atoms with van der Waals surface area (Å²) in [6, 6.07) is 7.22. The van der Waals surface area contributed by atoms with Crippen LogP contribution in [0.5, 0.6) is 0 Å². The average Bonchev–Trinajstić information content (AvgIpc) is 2.88. The van der Waals surface area contributed by atoms with Gasteiger partial charge in [0.05, 0.1) is 19.1 Å². The van der Waals surface area contributed by atoms with E-state index in [4.69, 9.17) is 4.74 Å². The lowest BCUT2D eigenvalue weighted by Gasteiger charge is -2.20. The van der Waals surface area contributed by atoms with E-state index in [9.17, 15) is 14.9 Å². The zero-order chi connectivity index (χ0) is 15.6. The van der Waals surface area contributed by atoms with E-state index in [1.807, 2.05) is 44.2 Å². The van der Waals surface area contributed by atoms with Crippen LogP contribution in [0.25, 0.3) is 0 Å². The Kier molecular flexibility index (Phi) is 4.57. The van der Waals surface area contributed by atoms with E-state index < -0.39 is 24.0 Å². The fraction of sp³-hybridized carbons (Fsp3) is 0.533. The number of carbonyl (C=O) groups is 1. The molecule has 1 aromatic rings. The maximum absolute atomic E-state index is 12.0. The van der Waals surface area contributed by atoms with E-state index >= 15 is 0 Å². The molecule has 1 fully saturated rings. The van der Waals surface area contributed by atoms with E-state index in [1.54, 1.807) is 0 Å². The van der Waals surface area contributed by atoms with Crippen molar-refractivity contribution in [3.63, 3.8) is 0 Å². The highest BCUT2D eigenvalue weighted by molar-refractivity contribution is 5.78. The third-order valence-corrected chi connectivity index (χ3v) is 4.07. The molecule has 0 bridgehead atoms. The van der Waals surface area contributed by atoms with Gasteiger partial charge in [0.25, 0.3) is 0 Å². The van der Waals surface area contributed by atoms with Crippen molar-refractivity contribution in [1.82, 2.24) is 5.32 Å². The molecule has 6 nitrogen and oxygen atoms in total. The van der Waals surface area contributed by atoms with Crippen molar-refractivity contribution in [2.75, 3.05) is 7.11 Å². The smallest absolute Gasteiger partial charge is 0.323 e. The lowest BCUT2D eigenvalue weighted by atomic mass is 9.84. The number of methoxy groups -OCH3 is 1. The molecule has 0 aliphatic carbocycles. The Morgan fingerprint density at radius 3 is 2.43 bits per heavy atom. The van der Waals surface area contributed by atoms with Crippen LogP contribution in [-0.2, 0) is 9.53 Å². The normalized spacial score (nSPS) is 28.6. The molecule has 1 aromatic carbocycles. The first-order valence-corrected chi connectivity index (χ1v) is 6.99. The summed E-state index contributed by atoms with van der Waals surface area (Å²) in [6.07, 6.45) is 0. The van der Waals surface area contributed by atoms with Gasteiger partial charge in [0.2, 0.25) is 6.04 Å². The highest BCUT2D eigenvalue weighted by atomic mass is 16.6. The number of hydrogen-bond donors (Lipinski definition) is 1. The summed E-state index contributed by atoms with van der Waals surface area (Å²) in [6.45, 7) is 3.83. The Morgan fingerprint density at radius 1 is 1.33 bits per heavy atom. The van der Waals surface area contributed by atoms with E-state index in [2.05, 4.69) is 5.32 Å². The first-order chi connectivity index (χ1) is 9.97. The molecular weight excluding hydrogens is 272 g/mol. The molecule has 1 aliphatic heterocycles. The number of nitrogens with zero attached hydrogens (tertiary/aromatic N) is 1. The summed E-state index contributed by atoms with van der Waals surface area (Å²) in [7, 11) is 1.30. The number of benzene rings is 1. The van der Waals surface area contributed by atoms with Crippen LogP contribution in [0.2, 0.25) is 0 Å². The average molecular weight is 292 g/mol. The monoisotopic (exact) mass is 292 g/mol. The van der Waals surface area contributed by atoms with Crippen LogP contribution >= 0.6 is 0 Å². The van der Waals surface area contributed by atoms with Gasteiger partial charge < -0.3 is 4.74 Å². The lowest BCUT2D eigenvalue weighted by molar-refractivity contribution is -0.527. The van der Waals surface area contributed by atoms with Crippen LogP contribution in [0.1, 0.15) is 25.3 Å². The number of ether oxygens (including phenoxy) is 1. The standard InChI is InChI=1S/C15H20N2O4/c1-9(2)12-14(17(19)20)11(10-7-5-4-6-8-10)13(16-12)15(18)21-3/h4-9,11-14,16H,1-3H3/t11-,12-,13-,14+/m1/s1. The van der Waals surface area contributed by atoms with Crippen molar-refractivity contribution in [2.24, 2.45) is 5.92 Å². The fourth-order valence-electron chi connectivity index (χ4n) is 3.09. The van der Waals surface area contributed by atoms with Gasteiger partial charge in [0.1, 0.15) is 6.04 Å². The summed E-state index contributed by atoms with van der Waals surface area (Å²) in [5.41, 5.74) is 0.783. The van der Waals surface area contributed by atoms with Crippen molar-refractivity contribution >= 4 is 5.97 Å². The molecule has 0 aromatic heterocycles. The molecule has 0 radical (unpaired) electrons. The molecule has 4 atom stereocenters. The fourth-order valence-corrected chi connectivity index (χ4v) is 3.09.